The van der Waals surface area contributed by atoms with E-state index in [-0.39, 0.29) is 0 Å². The van der Waals surface area contributed by atoms with Crippen molar-refractivity contribution in [1.82, 2.24) is 4.98 Å². The molecule has 2 aromatic carbocycles. The van der Waals surface area contributed by atoms with Gasteiger partial charge in [0.1, 0.15) is 0 Å². The van der Waals surface area contributed by atoms with Gasteiger partial charge in [-0.15, -0.1) is 0 Å². The van der Waals surface area contributed by atoms with Crippen LogP contribution in [0.15, 0.2) is 60.8 Å². The third kappa shape index (κ3) is 2.82. The van der Waals surface area contributed by atoms with Crippen molar-refractivity contribution in [2.75, 3.05) is 0 Å². The first-order valence-corrected chi connectivity index (χ1v) is 7.77. The second-order valence-electron chi connectivity index (χ2n) is 5.55. The van der Waals surface area contributed by atoms with E-state index in [4.69, 9.17) is 0 Å². The molecule has 1 aromatic heterocycles. The summed E-state index contributed by atoms with van der Waals surface area (Å²) in [5.41, 5.74) is 5.03. The van der Waals surface area contributed by atoms with Crippen LogP contribution >= 0.6 is 0 Å². The van der Waals surface area contributed by atoms with Crippen LogP contribution in [0.25, 0.3) is 22.0 Å². The van der Waals surface area contributed by atoms with Gasteiger partial charge in [-0.1, -0.05) is 50.2 Å². The largest absolute Gasteiger partial charge is 0.256 e. The summed E-state index contributed by atoms with van der Waals surface area (Å²) in [6.07, 6.45) is 4.25. The number of nitrogens with zero attached hydrogens (tertiary/aromatic N) is 1. The molecule has 0 bridgehead atoms. The fourth-order valence-electron chi connectivity index (χ4n) is 2.96. The lowest BCUT2D eigenvalue weighted by atomic mass is 9.92. The van der Waals surface area contributed by atoms with Crippen molar-refractivity contribution in [2.45, 2.75) is 32.6 Å². The molecule has 1 heterocycles. The first kappa shape index (κ1) is 13.8. The molecule has 0 radical (unpaired) electrons. The Balaban J connectivity index is 1.95. The number of aromatic nitrogens is 1. The standard InChI is InChI=1S/C20H21N/c1-3-15(4-2)16-7-9-17(10-8-16)18-11-12-20-19(14-18)6-5-13-21-20/h5-15H,3-4H2,1-2H3. The zero-order valence-corrected chi connectivity index (χ0v) is 12.7. The third-order valence-electron chi connectivity index (χ3n) is 4.30. The predicted molar refractivity (Wildman–Crippen MR) is 90.5 cm³/mol. The SMILES string of the molecule is CCC(CC)c1ccc(-c2ccc3ncccc3c2)cc1. The van der Waals surface area contributed by atoms with Crippen molar-refractivity contribution >= 4 is 10.9 Å². The number of benzene rings is 2. The molecule has 0 amide bonds. The zero-order valence-electron chi connectivity index (χ0n) is 12.7. The van der Waals surface area contributed by atoms with Crippen LogP contribution in [0.1, 0.15) is 38.2 Å². The van der Waals surface area contributed by atoms with Crippen molar-refractivity contribution < 1.29 is 0 Å². The van der Waals surface area contributed by atoms with E-state index in [2.05, 4.69) is 67.4 Å². The lowest BCUT2D eigenvalue weighted by Crippen LogP contribution is -1.94. The zero-order chi connectivity index (χ0) is 14.7. The molecule has 0 atom stereocenters. The van der Waals surface area contributed by atoms with E-state index in [1.807, 2.05) is 12.3 Å². The van der Waals surface area contributed by atoms with Crippen LogP contribution in [0.3, 0.4) is 0 Å². The second kappa shape index (κ2) is 6.09. The highest BCUT2D eigenvalue weighted by atomic mass is 14.6. The minimum Gasteiger partial charge on any atom is -0.256 e. The maximum absolute atomic E-state index is 4.38. The summed E-state index contributed by atoms with van der Waals surface area (Å²) in [4.78, 5) is 4.38. The van der Waals surface area contributed by atoms with E-state index in [0.29, 0.717) is 5.92 Å². The van der Waals surface area contributed by atoms with Crippen molar-refractivity contribution in [3.63, 3.8) is 0 Å². The Morgan fingerprint density at radius 1 is 0.857 bits per heavy atom. The van der Waals surface area contributed by atoms with Crippen molar-refractivity contribution in [3.05, 3.63) is 66.4 Å². The Morgan fingerprint density at radius 2 is 1.57 bits per heavy atom. The van der Waals surface area contributed by atoms with Gasteiger partial charge in [0.25, 0.3) is 0 Å². The first-order chi connectivity index (χ1) is 10.3. The fourth-order valence-corrected chi connectivity index (χ4v) is 2.96. The summed E-state index contributed by atoms with van der Waals surface area (Å²) in [6.45, 7) is 4.52. The highest BCUT2D eigenvalue weighted by molar-refractivity contribution is 5.84. The Bertz CT molecular complexity index is 724. The molecule has 1 nitrogen and oxygen atoms in total. The van der Waals surface area contributed by atoms with E-state index in [9.17, 15) is 0 Å². The van der Waals surface area contributed by atoms with Gasteiger partial charge in [-0.05, 0) is 53.6 Å². The van der Waals surface area contributed by atoms with Crippen LogP contribution < -0.4 is 0 Å². The quantitative estimate of drug-likeness (QED) is 0.586. The molecule has 0 aliphatic rings. The smallest absolute Gasteiger partial charge is 0.0702 e. The number of hydrogen-bond acceptors (Lipinski definition) is 1. The normalized spacial score (nSPS) is 11.2. The predicted octanol–water partition coefficient (Wildman–Crippen LogP) is 5.81. The van der Waals surface area contributed by atoms with Crippen LogP contribution in [0, 0.1) is 0 Å². The molecule has 21 heavy (non-hydrogen) atoms. The molecule has 0 aliphatic carbocycles. The molecular weight excluding hydrogens is 254 g/mol. The van der Waals surface area contributed by atoms with Crippen LogP contribution in [0.2, 0.25) is 0 Å². The lowest BCUT2D eigenvalue weighted by molar-refractivity contribution is 0.642. The molecule has 0 fully saturated rings. The molecule has 1 heteroatoms. The van der Waals surface area contributed by atoms with E-state index < -0.39 is 0 Å². The van der Waals surface area contributed by atoms with Crippen molar-refractivity contribution in [2.24, 2.45) is 0 Å². The van der Waals surface area contributed by atoms with Gasteiger partial charge in [-0.25, -0.2) is 0 Å². The molecule has 0 N–H and O–H groups in total. The summed E-state index contributed by atoms with van der Waals surface area (Å²) >= 11 is 0. The van der Waals surface area contributed by atoms with Gasteiger partial charge in [0.15, 0.2) is 0 Å². The first-order valence-electron chi connectivity index (χ1n) is 7.77. The minimum absolute atomic E-state index is 0.680. The van der Waals surface area contributed by atoms with E-state index in [1.54, 1.807) is 0 Å². The lowest BCUT2D eigenvalue weighted by Gasteiger charge is -2.13. The topological polar surface area (TPSA) is 12.9 Å². The van der Waals surface area contributed by atoms with Crippen LogP contribution in [0.5, 0.6) is 0 Å². The summed E-state index contributed by atoms with van der Waals surface area (Å²) in [7, 11) is 0. The molecule has 0 saturated heterocycles. The van der Waals surface area contributed by atoms with Crippen LogP contribution in [-0.4, -0.2) is 4.98 Å². The van der Waals surface area contributed by atoms with Gasteiger partial charge in [0, 0.05) is 11.6 Å². The molecular formula is C20H21N. The van der Waals surface area contributed by atoms with Gasteiger partial charge in [-0.2, -0.15) is 0 Å². The average Bonchev–Trinajstić information content (AvgIpc) is 2.56. The van der Waals surface area contributed by atoms with Crippen molar-refractivity contribution in [1.29, 1.82) is 0 Å². The Kier molecular flexibility index (Phi) is 4.01. The fraction of sp³-hybridized carbons (Fsp3) is 0.250. The Morgan fingerprint density at radius 3 is 2.29 bits per heavy atom. The summed E-state index contributed by atoms with van der Waals surface area (Å²) < 4.78 is 0. The number of rotatable bonds is 4. The molecule has 0 saturated carbocycles. The van der Waals surface area contributed by atoms with Gasteiger partial charge in [0.05, 0.1) is 5.52 Å². The van der Waals surface area contributed by atoms with Gasteiger partial charge >= 0.3 is 0 Å². The number of pyridine rings is 1. The van der Waals surface area contributed by atoms with E-state index in [1.165, 1.54) is 34.9 Å². The highest BCUT2D eigenvalue weighted by Gasteiger charge is 2.07. The van der Waals surface area contributed by atoms with Gasteiger partial charge in [-0.3, -0.25) is 4.98 Å². The Labute approximate surface area is 126 Å². The van der Waals surface area contributed by atoms with Gasteiger partial charge in [0.2, 0.25) is 0 Å². The van der Waals surface area contributed by atoms with Crippen molar-refractivity contribution in [3.8, 4) is 11.1 Å². The van der Waals surface area contributed by atoms with Gasteiger partial charge < -0.3 is 0 Å². The number of fused-ring (bicyclic) bond motifs is 1. The van der Waals surface area contributed by atoms with E-state index >= 15 is 0 Å². The molecule has 0 spiro atoms. The molecule has 3 rings (SSSR count). The summed E-state index contributed by atoms with van der Waals surface area (Å²) in [6, 6.07) is 19.6. The highest BCUT2D eigenvalue weighted by Crippen LogP contribution is 2.27. The van der Waals surface area contributed by atoms with E-state index in [0.717, 1.165) is 5.52 Å². The second-order valence-corrected chi connectivity index (χ2v) is 5.55. The maximum Gasteiger partial charge on any atom is 0.0702 e. The Hall–Kier alpha value is -2.15. The average molecular weight is 275 g/mol. The number of hydrogen-bond donors (Lipinski definition) is 0. The monoisotopic (exact) mass is 275 g/mol. The van der Waals surface area contributed by atoms with Crippen LogP contribution in [0.4, 0.5) is 0 Å². The minimum atomic E-state index is 0.680. The molecule has 3 aromatic rings. The molecule has 106 valence electrons. The third-order valence-corrected chi connectivity index (χ3v) is 4.30. The van der Waals surface area contributed by atoms with Crippen LogP contribution in [-0.2, 0) is 0 Å². The molecule has 0 aliphatic heterocycles. The maximum atomic E-state index is 4.38. The molecule has 0 unspecified atom stereocenters. The summed E-state index contributed by atoms with van der Waals surface area (Å²) in [5, 5.41) is 1.19. The summed E-state index contributed by atoms with van der Waals surface area (Å²) in [5.74, 6) is 0.680.